The quantitative estimate of drug-likeness (QED) is 0.814. The molecule has 1 aromatic carbocycles. The Bertz CT molecular complexity index is 586. The van der Waals surface area contributed by atoms with Crippen LogP contribution in [0.2, 0.25) is 0 Å². The molecule has 0 amide bonds. The molecule has 4 nitrogen and oxygen atoms in total. The molecule has 1 saturated carbocycles. The molecule has 2 aromatic rings. The molecule has 1 aliphatic rings. The number of nitrogens with one attached hydrogen (secondary N) is 1. The van der Waals surface area contributed by atoms with Crippen molar-refractivity contribution < 1.29 is 5.11 Å². The summed E-state index contributed by atoms with van der Waals surface area (Å²) < 4.78 is 2.27. The van der Waals surface area contributed by atoms with Gasteiger partial charge in [-0.05, 0) is 43.7 Å². The lowest BCUT2D eigenvalue weighted by atomic mass is 10.0. The SMILES string of the molecule is CCn1c(CNCC2(CCO)CC2)nc2ccccc21. The van der Waals surface area contributed by atoms with Crippen LogP contribution in [0.3, 0.4) is 0 Å². The maximum Gasteiger partial charge on any atom is 0.123 e. The Kier molecular flexibility index (Phi) is 3.76. The van der Waals surface area contributed by atoms with Crippen molar-refractivity contribution in [3.63, 3.8) is 0 Å². The maximum absolute atomic E-state index is 9.09. The Morgan fingerprint density at radius 2 is 2.15 bits per heavy atom. The van der Waals surface area contributed by atoms with Gasteiger partial charge in [-0.15, -0.1) is 0 Å². The highest BCUT2D eigenvalue weighted by molar-refractivity contribution is 5.75. The number of benzene rings is 1. The lowest BCUT2D eigenvalue weighted by Gasteiger charge is -2.14. The van der Waals surface area contributed by atoms with Crippen molar-refractivity contribution >= 4 is 11.0 Å². The summed E-state index contributed by atoms with van der Waals surface area (Å²) in [5.74, 6) is 1.11. The van der Waals surface area contributed by atoms with Crippen LogP contribution in [0.4, 0.5) is 0 Å². The predicted molar refractivity (Wildman–Crippen MR) is 80.5 cm³/mol. The summed E-state index contributed by atoms with van der Waals surface area (Å²) in [4.78, 5) is 4.72. The number of aromatic nitrogens is 2. The summed E-state index contributed by atoms with van der Waals surface area (Å²) in [7, 11) is 0. The van der Waals surface area contributed by atoms with Gasteiger partial charge in [-0.1, -0.05) is 12.1 Å². The molecule has 1 aliphatic carbocycles. The van der Waals surface area contributed by atoms with Crippen molar-refractivity contribution in [3.8, 4) is 0 Å². The molecule has 20 heavy (non-hydrogen) atoms. The molecule has 1 heterocycles. The minimum Gasteiger partial charge on any atom is -0.396 e. The zero-order chi connectivity index (χ0) is 14.0. The molecule has 3 rings (SSSR count). The first kappa shape index (κ1) is 13.6. The molecule has 0 saturated heterocycles. The zero-order valence-corrected chi connectivity index (χ0v) is 12.1. The van der Waals surface area contributed by atoms with Crippen molar-refractivity contribution in [2.75, 3.05) is 13.2 Å². The second-order valence-corrected chi connectivity index (χ2v) is 5.84. The third-order valence-corrected chi connectivity index (χ3v) is 4.43. The molecule has 4 heteroatoms. The highest BCUT2D eigenvalue weighted by Crippen LogP contribution is 2.47. The normalized spacial score (nSPS) is 16.7. The molecule has 0 aliphatic heterocycles. The van der Waals surface area contributed by atoms with Crippen LogP contribution in [-0.4, -0.2) is 27.8 Å². The zero-order valence-electron chi connectivity index (χ0n) is 12.1. The minimum atomic E-state index is 0.301. The van der Waals surface area contributed by atoms with E-state index >= 15 is 0 Å². The molecule has 0 atom stereocenters. The fourth-order valence-electron chi connectivity index (χ4n) is 2.98. The van der Waals surface area contributed by atoms with E-state index in [0.29, 0.717) is 12.0 Å². The topological polar surface area (TPSA) is 50.1 Å². The van der Waals surface area contributed by atoms with Gasteiger partial charge in [0, 0.05) is 19.7 Å². The van der Waals surface area contributed by atoms with Gasteiger partial charge < -0.3 is 15.0 Å². The number of aliphatic hydroxyl groups is 1. The number of fused-ring (bicyclic) bond motifs is 1. The van der Waals surface area contributed by atoms with Gasteiger partial charge in [-0.25, -0.2) is 4.98 Å². The van der Waals surface area contributed by atoms with E-state index in [1.807, 2.05) is 6.07 Å². The third-order valence-electron chi connectivity index (χ3n) is 4.43. The van der Waals surface area contributed by atoms with Crippen LogP contribution < -0.4 is 5.32 Å². The fraction of sp³-hybridized carbons (Fsp3) is 0.562. The van der Waals surface area contributed by atoms with Crippen LogP contribution >= 0.6 is 0 Å². The molecule has 0 radical (unpaired) electrons. The first-order chi connectivity index (χ1) is 9.78. The number of rotatable bonds is 7. The summed E-state index contributed by atoms with van der Waals surface area (Å²) in [5.41, 5.74) is 2.64. The van der Waals surface area contributed by atoms with Crippen molar-refractivity contribution in [2.24, 2.45) is 5.41 Å². The van der Waals surface area contributed by atoms with Crippen molar-refractivity contribution in [1.82, 2.24) is 14.9 Å². The summed E-state index contributed by atoms with van der Waals surface area (Å²) in [6, 6.07) is 8.30. The standard InChI is InChI=1S/C16H23N3O/c1-2-19-14-6-4-3-5-13(14)18-15(19)11-17-12-16(7-8-16)9-10-20/h3-6,17,20H,2,7-12H2,1H3. The first-order valence-corrected chi connectivity index (χ1v) is 7.54. The van der Waals surface area contributed by atoms with Crippen LogP contribution in [0.25, 0.3) is 11.0 Å². The van der Waals surface area contributed by atoms with E-state index < -0.39 is 0 Å². The number of para-hydroxylation sites is 2. The second kappa shape index (κ2) is 5.54. The molecular weight excluding hydrogens is 250 g/mol. The van der Waals surface area contributed by atoms with Crippen molar-refractivity contribution in [3.05, 3.63) is 30.1 Å². The maximum atomic E-state index is 9.09. The van der Waals surface area contributed by atoms with Crippen molar-refractivity contribution in [2.45, 2.75) is 39.3 Å². The van der Waals surface area contributed by atoms with Gasteiger partial charge in [0.15, 0.2) is 0 Å². The predicted octanol–water partition coefficient (Wildman–Crippen LogP) is 2.31. The van der Waals surface area contributed by atoms with Crippen LogP contribution in [0.15, 0.2) is 24.3 Å². The van der Waals surface area contributed by atoms with Crippen LogP contribution in [0.5, 0.6) is 0 Å². The third kappa shape index (κ3) is 2.58. The van der Waals surface area contributed by atoms with Crippen molar-refractivity contribution in [1.29, 1.82) is 0 Å². The monoisotopic (exact) mass is 273 g/mol. The highest BCUT2D eigenvalue weighted by atomic mass is 16.3. The number of nitrogens with zero attached hydrogens (tertiary/aromatic N) is 2. The number of aliphatic hydroxyl groups excluding tert-OH is 1. The second-order valence-electron chi connectivity index (χ2n) is 5.84. The summed E-state index contributed by atoms with van der Waals surface area (Å²) >= 11 is 0. The molecule has 0 unspecified atom stereocenters. The van der Waals surface area contributed by atoms with E-state index in [-0.39, 0.29) is 0 Å². The van der Waals surface area contributed by atoms with E-state index in [2.05, 4.69) is 35.0 Å². The summed E-state index contributed by atoms with van der Waals surface area (Å²) in [5, 5.41) is 12.6. The number of imidazole rings is 1. The van der Waals surface area contributed by atoms with Crippen LogP contribution in [-0.2, 0) is 13.1 Å². The molecule has 0 spiro atoms. The Balaban J connectivity index is 1.68. The molecule has 0 bridgehead atoms. The van der Waals surface area contributed by atoms with Gasteiger partial charge in [-0.3, -0.25) is 0 Å². The first-order valence-electron chi connectivity index (χ1n) is 7.54. The molecule has 108 valence electrons. The lowest BCUT2D eigenvalue weighted by molar-refractivity contribution is 0.245. The highest BCUT2D eigenvalue weighted by Gasteiger charge is 2.41. The molecule has 1 aromatic heterocycles. The van der Waals surface area contributed by atoms with E-state index in [1.54, 1.807) is 0 Å². The molecular formula is C16H23N3O. The van der Waals surface area contributed by atoms with Gasteiger partial charge in [0.1, 0.15) is 5.82 Å². The smallest absolute Gasteiger partial charge is 0.123 e. The van der Waals surface area contributed by atoms with Gasteiger partial charge in [-0.2, -0.15) is 0 Å². The Morgan fingerprint density at radius 3 is 2.85 bits per heavy atom. The van der Waals surface area contributed by atoms with Gasteiger partial charge in [0.25, 0.3) is 0 Å². The Hall–Kier alpha value is -1.39. The average Bonchev–Trinajstić information content (AvgIpc) is 3.12. The van der Waals surface area contributed by atoms with E-state index in [1.165, 1.54) is 18.4 Å². The largest absolute Gasteiger partial charge is 0.396 e. The molecule has 2 N–H and O–H groups in total. The fourth-order valence-corrected chi connectivity index (χ4v) is 2.98. The van der Waals surface area contributed by atoms with Crippen LogP contribution in [0, 0.1) is 5.41 Å². The van der Waals surface area contributed by atoms with E-state index in [0.717, 1.165) is 37.4 Å². The number of hydrogen-bond donors (Lipinski definition) is 2. The minimum absolute atomic E-state index is 0.301. The number of aryl methyl sites for hydroxylation is 1. The lowest BCUT2D eigenvalue weighted by Crippen LogP contribution is -2.25. The van der Waals surface area contributed by atoms with Crippen LogP contribution in [0.1, 0.15) is 32.0 Å². The molecule has 1 fully saturated rings. The average molecular weight is 273 g/mol. The van der Waals surface area contributed by atoms with Gasteiger partial charge in [0.2, 0.25) is 0 Å². The Labute approximate surface area is 119 Å². The summed E-state index contributed by atoms with van der Waals surface area (Å²) in [6.45, 7) is 5.19. The summed E-state index contributed by atoms with van der Waals surface area (Å²) in [6.07, 6.45) is 3.40. The van der Waals surface area contributed by atoms with Gasteiger partial charge >= 0.3 is 0 Å². The van der Waals surface area contributed by atoms with Gasteiger partial charge in [0.05, 0.1) is 17.6 Å². The Morgan fingerprint density at radius 1 is 1.35 bits per heavy atom. The number of hydrogen-bond acceptors (Lipinski definition) is 3. The van der Waals surface area contributed by atoms with E-state index in [4.69, 9.17) is 10.1 Å². The van der Waals surface area contributed by atoms with E-state index in [9.17, 15) is 0 Å².